The van der Waals surface area contributed by atoms with E-state index < -0.39 is 34.3 Å². The Balaban J connectivity index is 2.06. The molecule has 0 spiro atoms. The third kappa shape index (κ3) is 8.36. The fourth-order valence-corrected chi connectivity index (χ4v) is 5.92. The minimum absolute atomic E-state index is 0.0385. The lowest BCUT2D eigenvalue weighted by molar-refractivity contribution is -0.140. The molecule has 3 aromatic rings. The number of anilines is 1. The minimum Gasteiger partial charge on any atom is -0.497 e. The lowest BCUT2D eigenvalue weighted by Gasteiger charge is -2.33. The molecule has 1 unspecified atom stereocenters. The van der Waals surface area contributed by atoms with Gasteiger partial charge in [0.15, 0.2) is 0 Å². The van der Waals surface area contributed by atoms with Crippen molar-refractivity contribution in [2.45, 2.75) is 44.7 Å². The summed E-state index contributed by atoms with van der Waals surface area (Å²) in [5.74, 6) is -0.959. The van der Waals surface area contributed by atoms with Crippen LogP contribution in [0.1, 0.15) is 32.8 Å². The summed E-state index contributed by atoms with van der Waals surface area (Å²) in [7, 11) is -2.86. The van der Waals surface area contributed by atoms with Gasteiger partial charge >= 0.3 is 0 Å². The van der Waals surface area contributed by atoms with Gasteiger partial charge < -0.3 is 15.0 Å². The Morgan fingerprint density at radius 3 is 2.17 bits per heavy atom. The van der Waals surface area contributed by atoms with E-state index in [4.69, 9.17) is 27.9 Å². The number of benzene rings is 3. The number of carbonyl (C=O) groups excluding carboxylic acids is 2. The molecule has 0 bridgehead atoms. The number of sulfonamides is 1. The summed E-state index contributed by atoms with van der Waals surface area (Å²) in [6.45, 7) is 5.37. The van der Waals surface area contributed by atoms with E-state index in [2.05, 4.69) is 5.32 Å². The number of nitrogens with one attached hydrogen (secondary N) is 1. The highest BCUT2D eigenvalue weighted by Crippen LogP contribution is 2.27. The normalized spacial score (nSPS) is 12.1. The Labute approximate surface area is 256 Å². The van der Waals surface area contributed by atoms with Gasteiger partial charge in [0.25, 0.3) is 10.0 Å². The van der Waals surface area contributed by atoms with Crippen molar-refractivity contribution in [1.82, 2.24) is 10.2 Å². The Morgan fingerprint density at radius 2 is 1.62 bits per heavy atom. The van der Waals surface area contributed by atoms with Crippen LogP contribution in [0.2, 0.25) is 10.0 Å². The molecule has 1 atom stereocenters. The lowest BCUT2D eigenvalue weighted by atomic mass is 10.1. The highest BCUT2D eigenvalue weighted by atomic mass is 35.5. The van der Waals surface area contributed by atoms with E-state index in [0.717, 1.165) is 16.4 Å². The van der Waals surface area contributed by atoms with E-state index in [0.29, 0.717) is 22.9 Å². The van der Waals surface area contributed by atoms with Gasteiger partial charge in [-0.1, -0.05) is 50.0 Å². The van der Waals surface area contributed by atoms with Gasteiger partial charge in [-0.15, -0.1) is 0 Å². The van der Waals surface area contributed by atoms with Crippen molar-refractivity contribution in [1.29, 1.82) is 0 Å². The number of hydrogen-bond donors (Lipinski definition) is 1. The maximum absolute atomic E-state index is 14.1. The Morgan fingerprint density at radius 1 is 0.976 bits per heavy atom. The molecule has 0 fully saturated rings. The van der Waals surface area contributed by atoms with Crippen LogP contribution in [0.4, 0.5) is 10.1 Å². The molecule has 0 saturated carbocycles. The SMILES string of the molecule is CCC(C(=O)NCC(C)C)N(Cc1ccc(Cl)c(Cl)c1)C(=O)CN(c1ccc(F)cc1)S(=O)(=O)c1ccc(OC)cc1. The summed E-state index contributed by atoms with van der Waals surface area (Å²) < 4.78 is 47.6. The zero-order chi connectivity index (χ0) is 31.0. The quantitative estimate of drug-likeness (QED) is 0.251. The molecule has 3 rings (SSSR count). The van der Waals surface area contributed by atoms with E-state index in [9.17, 15) is 22.4 Å². The number of carbonyl (C=O) groups is 2. The molecule has 226 valence electrons. The molecule has 0 saturated heterocycles. The van der Waals surface area contributed by atoms with Crippen molar-refractivity contribution >= 4 is 50.7 Å². The van der Waals surface area contributed by atoms with Gasteiger partial charge in [-0.05, 0) is 78.6 Å². The van der Waals surface area contributed by atoms with Gasteiger partial charge in [-0.25, -0.2) is 12.8 Å². The standard InChI is InChI=1S/C30H34Cl2FN3O5S/c1-5-28(30(38)34-17-20(2)3)35(18-21-6-15-26(31)27(32)16-21)29(37)19-36(23-9-7-22(33)8-10-23)42(39,40)25-13-11-24(41-4)12-14-25/h6-16,20,28H,5,17-19H2,1-4H3,(H,34,38). The second-order valence-electron chi connectivity index (χ2n) is 10.00. The molecule has 1 N–H and O–H groups in total. The van der Waals surface area contributed by atoms with E-state index in [1.54, 1.807) is 25.1 Å². The molecule has 0 aliphatic rings. The van der Waals surface area contributed by atoms with E-state index >= 15 is 0 Å². The molecule has 0 aliphatic carbocycles. The zero-order valence-corrected chi connectivity index (χ0v) is 26.1. The highest BCUT2D eigenvalue weighted by molar-refractivity contribution is 7.92. The van der Waals surface area contributed by atoms with Crippen molar-refractivity contribution in [3.63, 3.8) is 0 Å². The first kappa shape index (κ1) is 33.2. The van der Waals surface area contributed by atoms with E-state index in [1.807, 2.05) is 13.8 Å². The summed E-state index contributed by atoms with van der Waals surface area (Å²) in [5.41, 5.74) is 0.673. The number of ether oxygens (including phenoxy) is 1. The van der Waals surface area contributed by atoms with Crippen LogP contribution in [0, 0.1) is 11.7 Å². The number of rotatable bonds is 13. The number of amides is 2. The van der Waals surface area contributed by atoms with Crippen LogP contribution >= 0.6 is 23.2 Å². The van der Waals surface area contributed by atoms with Gasteiger partial charge in [-0.3, -0.25) is 13.9 Å². The predicted molar refractivity (Wildman–Crippen MR) is 163 cm³/mol. The van der Waals surface area contributed by atoms with Crippen LogP contribution in [-0.2, 0) is 26.2 Å². The maximum Gasteiger partial charge on any atom is 0.264 e. The number of methoxy groups -OCH3 is 1. The lowest BCUT2D eigenvalue weighted by Crippen LogP contribution is -2.52. The van der Waals surface area contributed by atoms with Crippen molar-refractivity contribution in [2.75, 3.05) is 24.5 Å². The Kier molecular flexibility index (Phi) is 11.6. The smallest absolute Gasteiger partial charge is 0.264 e. The van der Waals surface area contributed by atoms with E-state index in [-0.39, 0.29) is 40.4 Å². The topological polar surface area (TPSA) is 96.0 Å². The van der Waals surface area contributed by atoms with Crippen molar-refractivity contribution in [3.8, 4) is 5.75 Å². The third-order valence-electron chi connectivity index (χ3n) is 6.45. The van der Waals surface area contributed by atoms with Crippen LogP contribution in [0.5, 0.6) is 5.75 Å². The molecule has 8 nitrogen and oxygen atoms in total. The fraction of sp³-hybridized carbons (Fsp3) is 0.333. The Bertz CT molecular complexity index is 1490. The maximum atomic E-state index is 14.1. The minimum atomic E-state index is -4.31. The largest absolute Gasteiger partial charge is 0.497 e. The summed E-state index contributed by atoms with van der Waals surface area (Å²) in [6, 6.07) is 14.4. The summed E-state index contributed by atoms with van der Waals surface area (Å²) in [6.07, 6.45) is 0.263. The molecular formula is C30H34Cl2FN3O5S. The molecule has 0 aromatic heterocycles. The van der Waals surface area contributed by atoms with Gasteiger partial charge in [0.1, 0.15) is 24.2 Å². The van der Waals surface area contributed by atoms with Crippen LogP contribution in [0.25, 0.3) is 0 Å². The number of hydrogen-bond acceptors (Lipinski definition) is 5. The number of halogens is 3. The van der Waals surface area contributed by atoms with Crippen molar-refractivity contribution in [3.05, 3.63) is 88.2 Å². The second kappa shape index (κ2) is 14.7. The summed E-state index contributed by atoms with van der Waals surface area (Å²) in [5, 5.41) is 3.47. The molecule has 2 amide bonds. The molecule has 0 aliphatic heterocycles. The van der Waals surface area contributed by atoms with Gasteiger partial charge in [-0.2, -0.15) is 0 Å². The highest BCUT2D eigenvalue weighted by Gasteiger charge is 2.34. The first-order chi connectivity index (χ1) is 19.9. The average Bonchev–Trinajstić information content (AvgIpc) is 2.96. The second-order valence-corrected chi connectivity index (χ2v) is 12.7. The Hall–Kier alpha value is -3.34. The molecule has 12 heteroatoms. The van der Waals surface area contributed by atoms with Gasteiger partial charge in [0, 0.05) is 13.1 Å². The van der Waals surface area contributed by atoms with Crippen molar-refractivity contribution in [2.24, 2.45) is 5.92 Å². The van der Waals surface area contributed by atoms with Crippen LogP contribution in [0.3, 0.4) is 0 Å². The van der Waals surface area contributed by atoms with Gasteiger partial charge in [0.2, 0.25) is 11.8 Å². The third-order valence-corrected chi connectivity index (χ3v) is 8.98. The van der Waals surface area contributed by atoms with Crippen molar-refractivity contribution < 1.29 is 27.1 Å². The van der Waals surface area contributed by atoms with Gasteiger partial charge in [0.05, 0.1) is 27.7 Å². The molecule has 3 aromatic carbocycles. The van der Waals surface area contributed by atoms with Crippen LogP contribution in [0.15, 0.2) is 71.6 Å². The van der Waals surface area contributed by atoms with Crippen LogP contribution < -0.4 is 14.4 Å². The fourth-order valence-electron chi connectivity index (χ4n) is 4.19. The van der Waals surface area contributed by atoms with Crippen LogP contribution in [-0.4, -0.2) is 51.4 Å². The molecule has 42 heavy (non-hydrogen) atoms. The van der Waals surface area contributed by atoms with E-state index in [1.165, 1.54) is 48.4 Å². The molecular weight excluding hydrogens is 604 g/mol. The predicted octanol–water partition coefficient (Wildman–Crippen LogP) is 5.92. The summed E-state index contributed by atoms with van der Waals surface area (Å²) in [4.78, 5) is 28.6. The first-order valence-electron chi connectivity index (χ1n) is 13.3. The molecule has 0 heterocycles. The zero-order valence-electron chi connectivity index (χ0n) is 23.8. The molecule has 0 radical (unpaired) electrons. The summed E-state index contributed by atoms with van der Waals surface area (Å²) >= 11 is 12.3. The number of nitrogens with zero attached hydrogens (tertiary/aromatic N) is 2. The average molecular weight is 639 g/mol. The first-order valence-corrected chi connectivity index (χ1v) is 15.5. The monoisotopic (exact) mass is 637 g/mol.